The first-order chi connectivity index (χ1) is 8.39. The van der Waals surface area contributed by atoms with Gasteiger partial charge in [0, 0.05) is 0 Å². The van der Waals surface area contributed by atoms with Crippen LogP contribution in [0.3, 0.4) is 0 Å². The minimum atomic E-state index is -4.59. The molecule has 0 aliphatic rings. The van der Waals surface area contributed by atoms with Crippen LogP contribution in [0, 0.1) is 0 Å². The Kier molecular flexibility index (Phi) is 2.77. The Balaban J connectivity index is 2.59. The van der Waals surface area contributed by atoms with Gasteiger partial charge in [-0.3, -0.25) is 4.57 Å². The highest BCUT2D eigenvalue weighted by Crippen LogP contribution is 2.31. The lowest BCUT2D eigenvalue weighted by Crippen LogP contribution is -2.10. The summed E-state index contributed by atoms with van der Waals surface area (Å²) in [5.41, 5.74) is -1.41. The van der Waals surface area contributed by atoms with Gasteiger partial charge >= 0.3 is 12.1 Å². The lowest BCUT2D eigenvalue weighted by Gasteiger charge is -2.11. The molecule has 0 bridgehead atoms. The largest absolute Gasteiger partial charge is 0.478 e. The van der Waals surface area contributed by atoms with Crippen LogP contribution in [0.5, 0.6) is 0 Å². The highest BCUT2D eigenvalue weighted by Gasteiger charge is 2.32. The summed E-state index contributed by atoms with van der Waals surface area (Å²) >= 11 is 0. The summed E-state index contributed by atoms with van der Waals surface area (Å²) in [5.74, 6) is -1.45. The summed E-state index contributed by atoms with van der Waals surface area (Å²) in [6.45, 7) is 0. The Morgan fingerprint density at radius 1 is 1.22 bits per heavy atom. The number of aromatic nitrogens is 3. The Labute approximate surface area is 98.5 Å². The second kappa shape index (κ2) is 4.13. The number of hydrogen-bond acceptors (Lipinski definition) is 3. The van der Waals surface area contributed by atoms with Gasteiger partial charge in [-0.05, 0) is 18.2 Å². The molecule has 5 nitrogen and oxygen atoms in total. The van der Waals surface area contributed by atoms with E-state index in [4.69, 9.17) is 5.11 Å². The van der Waals surface area contributed by atoms with Gasteiger partial charge in [-0.2, -0.15) is 13.2 Å². The smallest absolute Gasteiger partial charge is 0.416 e. The Morgan fingerprint density at radius 2 is 1.83 bits per heavy atom. The van der Waals surface area contributed by atoms with Crippen LogP contribution in [0.15, 0.2) is 30.9 Å². The molecule has 0 aliphatic heterocycles. The molecule has 0 fully saturated rings. The van der Waals surface area contributed by atoms with Gasteiger partial charge in [0.1, 0.15) is 12.7 Å². The summed E-state index contributed by atoms with van der Waals surface area (Å²) in [6.07, 6.45) is -2.18. The Bertz CT molecular complexity index is 579. The SMILES string of the molecule is O=C(O)c1cc(C(F)(F)F)ccc1-n1cnnc1. The lowest BCUT2D eigenvalue weighted by molar-refractivity contribution is -0.137. The zero-order chi connectivity index (χ0) is 13.3. The second-order valence-electron chi connectivity index (χ2n) is 3.40. The number of rotatable bonds is 2. The third-order valence-electron chi connectivity index (χ3n) is 2.25. The number of benzene rings is 1. The maximum atomic E-state index is 12.5. The first-order valence-corrected chi connectivity index (χ1v) is 4.69. The molecule has 18 heavy (non-hydrogen) atoms. The highest BCUT2D eigenvalue weighted by molar-refractivity contribution is 5.92. The maximum Gasteiger partial charge on any atom is 0.416 e. The second-order valence-corrected chi connectivity index (χ2v) is 3.40. The molecule has 0 unspecified atom stereocenters. The van der Waals surface area contributed by atoms with Gasteiger partial charge in [0.2, 0.25) is 0 Å². The van der Waals surface area contributed by atoms with Gasteiger partial charge < -0.3 is 5.11 Å². The lowest BCUT2D eigenvalue weighted by atomic mass is 10.1. The van der Waals surface area contributed by atoms with Crippen LogP contribution in [0.4, 0.5) is 13.2 Å². The topological polar surface area (TPSA) is 68.0 Å². The summed E-state index contributed by atoms with van der Waals surface area (Å²) < 4.78 is 38.7. The van der Waals surface area contributed by atoms with Gasteiger partial charge in [0.25, 0.3) is 0 Å². The van der Waals surface area contributed by atoms with Crippen LogP contribution in [-0.2, 0) is 6.18 Å². The van der Waals surface area contributed by atoms with Crippen molar-refractivity contribution in [1.82, 2.24) is 14.8 Å². The third-order valence-corrected chi connectivity index (χ3v) is 2.25. The van der Waals surface area contributed by atoms with Gasteiger partial charge in [-0.15, -0.1) is 10.2 Å². The standard InChI is InChI=1S/C10H6F3N3O2/c11-10(12,13)6-1-2-8(7(3-6)9(17)18)16-4-14-15-5-16/h1-5H,(H,17,18). The summed E-state index contributed by atoms with van der Waals surface area (Å²) in [7, 11) is 0. The number of carboxylic acid groups (broad SMARTS) is 1. The first-order valence-electron chi connectivity index (χ1n) is 4.69. The predicted molar refractivity (Wildman–Crippen MR) is 53.3 cm³/mol. The van der Waals surface area contributed by atoms with E-state index in [2.05, 4.69) is 10.2 Å². The normalized spacial score (nSPS) is 11.5. The number of hydrogen-bond donors (Lipinski definition) is 1. The van der Waals surface area contributed by atoms with Crippen LogP contribution >= 0.6 is 0 Å². The molecule has 1 aromatic heterocycles. The van der Waals surface area contributed by atoms with E-state index in [-0.39, 0.29) is 5.69 Å². The van der Waals surface area contributed by atoms with E-state index >= 15 is 0 Å². The molecule has 2 aromatic rings. The van der Waals surface area contributed by atoms with Crippen LogP contribution < -0.4 is 0 Å². The van der Waals surface area contributed by atoms with Gasteiger partial charge in [0.05, 0.1) is 16.8 Å². The van der Waals surface area contributed by atoms with E-state index < -0.39 is 23.3 Å². The molecule has 94 valence electrons. The van der Waals surface area contributed by atoms with Crippen molar-refractivity contribution < 1.29 is 23.1 Å². The van der Waals surface area contributed by atoms with Gasteiger partial charge in [0.15, 0.2) is 0 Å². The van der Waals surface area contributed by atoms with Crippen molar-refractivity contribution in [3.8, 4) is 5.69 Å². The number of nitrogens with zero attached hydrogens (tertiary/aromatic N) is 3. The summed E-state index contributed by atoms with van der Waals surface area (Å²) in [4.78, 5) is 11.0. The van der Waals surface area contributed by atoms with Crippen molar-refractivity contribution >= 4 is 5.97 Å². The molecular formula is C10H6F3N3O2. The van der Waals surface area contributed by atoms with E-state index in [1.54, 1.807) is 0 Å². The van der Waals surface area contributed by atoms with Gasteiger partial charge in [-0.1, -0.05) is 0 Å². The van der Waals surface area contributed by atoms with Crippen LogP contribution in [-0.4, -0.2) is 25.8 Å². The number of carbonyl (C=O) groups is 1. The van der Waals surface area contributed by atoms with E-state index in [0.29, 0.717) is 6.07 Å². The number of carboxylic acids is 1. The molecule has 2 rings (SSSR count). The molecule has 1 heterocycles. The van der Waals surface area contributed by atoms with E-state index in [0.717, 1.165) is 12.1 Å². The quantitative estimate of drug-likeness (QED) is 0.893. The molecule has 1 N–H and O–H groups in total. The molecule has 0 amide bonds. The van der Waals surface area contributed by atoms with E-state index in [9.17, 15) is 18.0 Å². The Morgan fingerprint density at radius 3 is 2.33 bits per heavy atom. The molecule has 0 spiro atoms. The summed E-state index contributed by atoms with van der Waals surface area (Å²) in [6, 6.07) is 2.45. The van der Waals surface area contributed by atoms with Gasteiger partial charge in [-0.25, -0.2) is 4.79 Å². The number of alkyl halides is 3. The average molecular weight is 257 g/mol. The fourth-order valence-corrected chi connectivity index (χ4v) is 1.43. The molecule has 1 aromatic carbocycles. The average Bonchev–Trinajstić information content (AvgIpc) is 2.80. The van der Waals surface area contributed by atoms with Crippen molar-refractivity contribution in [1.29, 1.82) is 0 Å². The maximum absolute atomic E-state index is 12.5. The zero-order valence-corrected chi connectivity index (χ0v) is 8.72. The Hall–Kier alpha value is -2.38. The molecule has 0 aliphatic carbocycles. The zero-order valence-electron chi connectivity index (χ0n) is 8.72. The van der Waals surface area contributed by atoms with Crippen LogP contribution in [0.25, 0.3) is 5.69 Å². The van der Waals surface area contributed by atoms with E-state index in [1.165, 1.54) is 17.2 Å². The molecule has 0 radical (unpaired) electrons. The van der Waals surface area contributed by atoms with Crippen LogP contribution in [0.2, 0.25) is 0 Å². The monoisotopic (exact) mass is 257 g/mol. The van der Waals surface area contributed by atoms with E-state index in [1.807, 2.05) is 0 Å². The van der Waals surface area contributed by atoms with Crippen molar-refractivity contribution in [2.75, 3.05) is 0 Å². The van der Waals surface area contributed by atoms with Crippen molar-refractivity contribution in [2.45, 2.75) is 6.18 Å². The van der Waals surface area contributed by atoms with Crippen molar-refractivity contribution in [3.05, 3.63) is 42.0 Å². The first kappa shape index (κ1) is 12.1. The fourth-order valence-electron chi connectivity index (χ4n) is 1.43. The summed E-state index contributed by atoms with van der Waals surface area (Å²) in [5, 5.41) is 15.9. The molecule has 0 atom stereocenters. The number of aromatic carboxylic acids is 1. The molecular weight excluding hydrogens is 251 g/mol. The van der Waals surface area contributed by atoms with Crippen LogP contribution in [0.1, 0.15) is 15.9 Å². The number of halogens is 3. The highest BCUT2D eigenvalue weighted by atomic mass is 19.4. The predicted octanol–water partition coefficient (Wildman–Crippen LogP) is 1.98. The van der Waals surface area contributed by atoms with Crippen molar-refractivity contribution in [3.63, 3.8) is 0 Å². The minimum Gasteiger partial charge on any atom is -0.478 e. The molecule has 0 saturated carbocycles. The molecule has 8 heteroatoms. The minimum absolute atomic E-state index is 0.0699. The third kappa shape index (κ3) is 2.17. The fraction of sp³-hybridized carbons (Fsp3) is 0.100. The molecule has 0 saturated heterocycles. The van der Waals surface area contributed by atoms with Crippen molar-refractivity contribution in [2.24, 2.45) is 0 Å².